The second-order valence-electron chi connectivity index (χ2n) is 5.58. The first-order valence-corrected chi connectivity index (χ1v) is 7.62. The SMILES string of the molecule is Cc1cc(Br)c(=O)n2c1C(=O)NC21CCN(CC#N)CC1. The normalized spacial score (nSPS) is 20.1. The number of nitriles is 1. The number of rotatable bonds is 1. The van der Waals surface area contributed by atoms with E-state index in [1.165, 1.54) is 0 Å². The molecule has 1 spiro atoms. The minimum atomic E-state index is -0.649. The minimum absolute atomic E-state index is 0.178. The molecule has 0 aromatic carbocycles. The van der Waals surface area contributed by atoms with Gasteiger partial charge in [0.25, 0.3) is 11.5 Å². The summed E-state index contributed by atoms with van der Waals surface area (Å²) in [5.74, 6) is -0.189. The highest BCUT2D eigenvalue weighted by molar-refractivity contribution is 9.10. The number of piperidine rings is 1. The number of fused-ring (bicyclic) bond motifs is 2. The number of hydrogen-bond donors (Lipinski definition) is 1. The van der Waals surface area contributed by atoms with Gasteiger partial charge in [0.15, 0.2) is 0 Å². The second kappa shape index (κ2) is 4.97. The second-order valence-corrected chi connectivity index (χ2v) is 6.44. The molecule has 0 bridgehead atoms. The summed E-state index contributed by atoms with van der Waals surface area (Å²) < 4.78 is 2.08. The number of carbonyl (C=O) groups is 1. The number of aromatic nitrogens is 1. The minimum Gasteiger partial charge on any atom is -0.327 e. The van der Waals surface area contributed by atoms with Crippen molar-refractivity contribution < 1.29 is 4.79 Å². The molecule has 0 atom stereocenters. The summed E-state index contributed by atoms with van der Waals surface area (Å²) in [4.78, 5) is 26.8. The molecule has 2 aliphatic rings. The Balaban J connectivity index is 2.06. The molecule has 1 amide bonds. The molecule has 0 saturated carbocycles. The van der Waals surface area contributed by atoms with Gasteiger partial charge in [-0.2, -0.15) is 5.26 Å². The van der Waals surface area contributed by atoms with Gasteiger partial charge in [-0.1, -0.05) is 0 Å². The van der Waals surface area contributed by atoms with Crippen LogP contribution in [0.3, 0.4) is 0 Å². The van der Waals surface area contributed by atoms with Crippen molar-refractivity contribution in [2.75, 3.05) is 19.6 Å². The summed E-state index contributed by atoms with van der Waals surface area (Å²) in [5.41, 5.74) is 0.416. The summed E-state index contributed by atoms with van der Waals surface area (Å²) in [6.45, 7) is 3.58. The fraction of sp³-hybridized carbons (Fsp3) is 0.500. The van der Waals surface area contributed by atoms with Gasteiger partial charge in [-0.3, -0.25) is 19.1 Å². The number of aryl methyl sites for hydroxylation is 1. The highest BCUT2D eigenvalue weighted by Crippen LogP contribution is 2.33. The lowest BCUT2D eigenvalue weighted by molar-refractivity contribution is 0.0776. The summed E-state index contributed by atoms with van der Waals surface area (Å²) in [5, 5.41) is 11.8. The van der Waals surface area contributed by atoms with E-state index in [2.05, 4.69) is 27.3 Å². The maximum Gasteiger partial charge on any atom is 0.270 e. The Labute approximate surface area is 130 Å². The monoisotopic (exact) mass is 350 g/mol. The number of hydrogen-bond acceptors (Lipinski definition) is 4. The van der Waals surface area contributed by atoms with Crippen LogP contribution in [0.1, 0.15) is 28.9 Å². The van der Waals surface area contributed by atoms with Crippen LogP contribution in [0.4, 0.5) is 0 Å². The molecule has 1 fully saturated rings. The Morgan fingerprint density at radius 3 is 2.71 bits per heavy atom. The number of pyridine rings is 1. The van der Waals surface area contributed by atoms with E-state index < -0.39 is 5.66 Å². The average molecular weight is 351 g/mol. The van der Waals surface area contributed by atoms with Crippen molar-refractivity contribution in [3.8, 4) is 6.07 Å². The van der Waals surface area contributed by atoms with E-state index in [1.54, 1.807) is 10.6 Å². The highest BCUT2D eigenvalue weighted by atomic mass is 79.9. The summed E-state index contributed by atoms with van der Waals surface area (Å²) in [6.07, 6.45) is 1.26. The molecule has 7 heteroatoms. The Bertz CT molecular complexity index is 711. The van der Waals surface area contributed by atoms with Crippen LogP contribution in [0.2, 0.25) is 0 Å². The van der Waals surface area contributed by atoms with Crippen molar-refractivity contribution in [1.82, 2.24) is 14.8 Å². The fourth-order valence-corrected chi connectivity index (χ4v) is 3.77. The Morgan fingerprint density at radius 1 is 1.43 bits per heavy atom. The zero-order chi connectivity index (χ0) is 15.2. The van der Waals surface area contributed by atoms with Crippen LogP contribution in [0.25, 0.3) is 0 Å². The molecule has 3 rings (SSSR count). The van der Waals surface area contributed by atoms with E-state index in [1.807, 2.05) is 11.8 Å². The van der Waals surface area contributed by atoms with Gasteiger partial charge in [-0.05, 0) is 34.5 Å². The zero-order valence-electron chi connectivity index (χ0n) is 11.6. The summed E-state index contributed by atoms with van der Waals surface area (Å²) in [6, 6.07) is 3.83. The maximum atomic E-state index is 12.5. The molecule has 1 aromatic heterocycles. The van der Waals surface area contributed by atoms with Crippen LogP contribution in [0.15, 0.2) is 15.3 Å². The van der Waals surface area contributed by atoms with Crippen molar-refractivity contribution in [3.63, 3.8) is 0 Å². The van der Waals surface area contributed by atoms with E-state index in [-0.39, 0.29) is 11.5 Å². The molecule has 3 heterocycles. The van der Waals surface area contributed by atoms with Crippen LogP contribution in [0.5, 0.6) is 0 Å². The molecule has 6 nitrogen and oxygen atoms in total. The van der Waals surface area contributed by atoms with E-state index >= 15 is 0 Å². The lowest BCUT2D eigenvalue weighted by Gasteiger charge is -2.39. The number of carbonyl (C=O) groups excluding carboxylic acids is 1. The van der Waals surface area contributed by atoms with Crippen LogP contribution >= 0.6 is 15.9 Å². The van der Waals surface area contributed by atoms with Gasteiger partial charge in [-0.15, -0.1) is 0 Å². The smallest absolute Gasteiger partial charge is 0.270 e. The first-order chi connectivity index (χ1) is 9.98. The van der Waals surface area contributed by atoms with Crippen molar-refractivity contribution in [3.05, 3.63) is 32.2 Å². The quantitative estimate of drug-likeness (QED) is 0.764. The van der Waals surface area contributed by atoms with E-state index in [4.69, 9.17) is 5.26 Å². The van der Waals surface area contributed by atoms with Crippen molar-refractivity contribution in [1.29, 1.82) is 5.26 Å². The topological polar surface area (TPSA) is 78.1 Å². The van der Waals surface area contributed by atoms with Gasteiger partial charge >= 0.3 is 0 Å². The molecule has 21 heavy (non-hydrogen) atoms. The van der Waals surface area contributed by atoms with Gasteiger partial charge in [0.1, 0.15) is 11.4 Å². The number of amides is 1. The first-order valence-electron chi connectivity index (χ1n) is 6.83. The highest BCUT2D eigenvalue weighted by Gasteiger charge is 2.46. The molecule has 2 aliphatic heterocycles. The van der Waals surface area contributed by atoms with Crippen LogP contribution < -0.4 is 10.9 Å². The molecular weight excluding hydrogens is 336 g/mol. The van der Waals surface area contributed by atoms with E-state index in [0.717, 1.165) is 5.56 Å². The summed E-state index contributed by atoms with van der Waals surface area (Å²) in [7, 11) is 0. The van der Waals surface area contributed by atoms with Crippen molar-refractivity contribution >= 4 is 21.8 Å². The molecular formula is C14H15BrN4O2. The fourth-order valence-electron chi connectivity index (χ4n) is 3.25. The van der Waals surface area contributed by atoms with Crippen molar-refractivity contribution in [2.45, 2.75) is 25.4 Å². The number of nitrogens with zero attached hydrogens (tertiary/aromatic N) is 3. The van der Waals surface area contributed by atoms with Crippen molar-refractivity contribution in [2.24, 2.45) is 0 Å². The molecule has 0 aliphatic carbocycles. The largest absolute Gasteiger partial charge is 0.327 e. The van der Waals surface area contributed by atoms with E-state index in [9.17, 15) is 9.59 Å². The molecule has 0 radical (unpaired) electrons. The van der Waals surface area contributed by atoms with Gasteiger partial charge in [-0.25, -0.2) is 0 Å². The predicted octanol–water partition coefficient (Wildman–Crippen LogP) is 0.935. The van der Waals surface area contributed by atoms with Gasteiger partial charge in [0.05, 0.1) is 17.1 Å². The van der Waals surface area contributed by atoms with Crippen LogP contribution in [0, 0.1) is 18.3 Å². The molecule has 0 unspecified atom stereocenters. The lowest BCUT2D eigenvalue weighted by atomic mass is 9.97. The number of nitrogens with one attached hydrogen (secondary N) is 1. The first kappa shape index (κ1) is 14.3. The molecule has 1 aromatic rings. The summed E-state index contributed by atoms with van der Waals surface area (Å²) >= 11 is 3.28. The van der Waals surface area contributed by atoms with Crippen LogP contribution in [-0.2, 0) is 5.66 Å². The van der Waals surface area contributed by atoms with Gasteiger partial charge in [0.2, 0.25) is 0 Å². The third-order valence-corrected chi connectivity index (χ3v) is 4.88. The Kier molecular flexibility index (Phi) is 3.38. The molecule has 110 valence electrons. The third kappa shape index (κ3) is 2.10. The van der Waals surface area contributed by atoms with Gasteiger partial charge in [0, 0.05) is 25.9 Å². The number of likely N-dealkylation sites (tertiary alicyclic amines) is 1. The Morgan fingerprint density at radius 2 is 2.10 bits per heavy atom. The van der Waals surface area contributed by atoms with Gasteiger partial charge < -0.3 is 5.32 Å². The zero-order valence-corrected chi connectivity index (χ0v) is 13.2. The van der Waals surface area contributed by atoms with E-state index in [0.29, 0.717) is 42.6 Å². The molecule has 1 N–H and O–H groups in total. The average Bonchev–Trinajstić information content (AvgIpc) is 2.73. The standard InChI is InChI=1S/C14H15BrN4O2/c1-9-8-10(15)13(21)19-11(9)12(20)17-14(19)2-5-18(6-3-14)7-4-16/h8H,2-3,5-7H2,1H3,(H,17,20). The maximum absolute atomic E-state index is 12.5. The third-order valence-electron chi connectivity index (χ3n) is 4.31. The predicted molar refractivity (Wildman–Crippen MR) is 79.9 cm³/mol. The number of halogens is 1. The lowest BCUT2D eigenvalue weighted by Crippen LogP contribution is -2.54. The van der Waals surface area contributed by atoms with Crippen LogP contribution in [-0.4, -0.2) is 35.0 Å². The molecule has 1 saturated heterocycles. The Hall–Kier alpha value is -1.65.